The van der Waals surface area contributed by atoms with Gasteiger partial charge in [-0.15, -0.1) is 0 Å². The minimum atomic E-state index is -1.08. The molecule has 0 fully saturated rings. The highest BCUT2D eigenvalue weighted by molar-refractivity contribution is 7.47. The van der Waals surface area contributed by atoms with Gasteiger partial charge in [0.15, 0.2) is 16.8 Å². The molecule has 0 unspecified atom stereocenters. The van der Waals surface area contributed by atoms with E-state index in [0.717, 1.165) is 12.3 Å². The van der Waals surface area contributed by atoms with E-state index in [1.807, 2.05) is 0 Å². The summed E-state index contributed by atoms with van der Waals surface area (Å²) >= 11 is 0. The standard InChI is InChI=1S/C24H44O4P2/c1-21(2,3)25-29(26-22(4,5)6)17-19-15-13-14-16-20(19)18-30(27-23(7,8)9)28-24(10,11)12/h13-16H,17-18H2,1-12H3. The van der Waals surface area contributed by atoms with Crippen molar-refractivity contribution in [3.63, 3.8) is 0 Å². The van der Waals surface area contributed by atoms with Crippen molar-refractivity contribution in [3.05, 3.63) is 35.4 Å². The van der Waals surface area contributed by atoms with Crippen molar-refractivity contribution in [2.24, 2.45) is 0 Å². The summed E-state index contributed by atoms with van der Waals surface area (Å²) in [6.45, 7) is 24.9. The van der Waals surface area contributed by atoms with Crippen LogP contribution in [0.5, 0.6) is 0 Å². The Kier molecular flexibility index (Phi) is 9.96. The van der Waals surface area contributed by atoms with Crippen molar-refractivity contribution in [2.45, 2.75) is 118 Å². The van der Waals surface area contributed by atoms with Crippen LogP contribution >= 0.6 is 16.8 Å². The molecule has 1 aromatic carbocycles. The summed E-state index contributed by atoms with van der Waals surface area (Å²) in [5.74, 6) is 0. The van der Waals surface area contributed by atoms with Crippen molar-refractivity contribution >= 4 is 16.8 Å². The van der Waals surface area contributed by atoms with Crippen molar-refractivity contribution in [1.29, 1.82) is 0 Å². The molecule has 1 rings (SSSR count). The molecule has 0 saturated heterocycles. The Labute approximate surface area is 188 Å². The summed E-state index contributed by atoms with van der Waals surface area (Å²) in [4.78, 5) is 0. The molecule has 6 heteroatoms. The van der Waals surface area contributed by atoms with Crippen molar-refractivity contribution in [2.75, 3.05) is 0 Å². The van der Waals surface area contributed by atoms with Gasteiger partial charge in [0, 0.05) is 12.3 Å². The van der Waals surface area contributed by atoms with E-state index < -0.39 is 16.8 Å². The second-order valence-corrected chi connectivity index (χ2v) is 14.3. The van der Waals surface area contributed by atoms with Gasteiger partial charge >= 0.3 is 0 Å². The number of rotatable bonds is 8. The van der Waals surface area contributed by atoms with Gasteiger partial charge in [-0.3, -0.25) is 0 Å². The van der Waals surface area contributed by atoms with E-state index in [1.165, 1.54) is 11.1 Å². The van der Waals surface area contributed by atoms with Crippen LogP contribution in [0.4, 0.5) is 0 Å². The van der Waals surface area contributed by atoms with Crippen molar-refractivity contribution in [1.82, 2.24) is 0 Å². The van der Waals surface area contributed by atoms with Crippen LogP contribution in [0.25, 0.3) is 0 Å². The minimum absolute atomic E-state index is 0.261. The Balaban J connectivity index is 3.12. The van der Waals surface area contributed by atoms with Gasteiger partial charge in [-0.2, -0.15) is 0 Å². The summed E-state index contributed by atoms with van der Waals surface area (Å²) in [5, 5.41) is 0. The molecule has 1 aromatic rings. The maximum Gasteiger partial charge on any atom is 0.176 e. The van der Waals surface area contributed by atoms with E-state index in [9.17, 15) is 0 Å². The summed E-state index contributed by atoms with van der Waals surface area (Å²) in [7, 11) is -2.16. The van der Waals surface area contributed by atoms with Crippen LogP contribution in [-0.4, -0.2) is 22.4 Å². The molecular weight excluding hydrogens is 414 g/mol. The lowest BCUT2D eigenvalue weighted by Gasteiger charge is -2.33. The first-order valence-electron chi connectivity index (χ1n) is 10.7. The molecule has 30 heavy (non-hydrogen) atoms. The fourth-order valence-corrected chi connectivity index (χ4v) is 6.48. The maximum atomic E-state index is 6.32. The first-order valence-corrected chi connectivity index (χ1v) is 13.4. The Morgan fingerprint density at radius 2 is 0.733 bits per heavy atom. The Bertz CT molecular complexity index is 560. The predicted molar refractivity (Wildman–Crippen MR) is 131 cm³/mol. The largest absolute Gasteiger partial charge is 0.328 e. The maximum absolute atomic E-state index is 6.32. The predicted octanol–water partition coefficient (Wildman–Crippen LogP) is 8.57. The highest BCUT2D eigenvalue weighted by Gasteiger charge is 2.29. The van der Waals surface area contributed by atoms with E-state index in [0.29, 0.717) is 0 Å². The molecule has 0 aliphatic rings. The normalized spacial score (nSPS) is 14.1. The third-order valence-corrected chi connectivity index (χ3v) is 7.42. The fraction of sp³-hybridized carbons (Fsp3) is 0.750. The average Bonchev–Trinajstić information content (AvgIpc) is 2.41. The SMILES string of the molecule is CC(C)(C)OP(Cc1ccccc1CP(OC(C)(C)C)OC(C)(C)C)OC(C)(C)C. The van der Waals surface area contributed by atoms with Crippen LogP contribution in [0, 0.1) is 0 Å². The van der Waals surface area contributed by atoms with Gasteiger partial charge < -0.3 is 18.1 Å². The van der Waals surface area contributed by atoms with Crippen molar-refractivity contribution in [3.8, 4) is 0 Å². The highest BCUT2D eigenvalue weighted by Crippen LogP contribution is 2.52. The zero-order valence-electron chi connectivity index (χ0n) is 21.3. The molecule has 0 aliphatic carbocycles. The highest BCUT2D eigenvalue weighted by atomic mass is 31.2. The summed E-state index contributed by atoms with van der Waals surface area (Å²) < 4.78 is 25.3. The van der Waals surface area contributed by atoms with Gasteiger partial charge in [-0.05, 0) is 94.2 Å². The van der Waals surface area contributed by atoms with Gasteiger partial charge in [0.2, 0.25) is 0 Å². The van der Waals surface area contributed by atoms with Crippen molar-refractivity contribution < 1.29 is 18.1 Å². The lowest BCUT2D eigenvalue weighted by Crippen LogP contribution is -2.23. The van der Waals surface area contributed by atoms with E-state index in [4.69, 9.17) is 18.1 Å². The van der Waals surface area contributed by atoms with E-state index >= 15 is 0 Å². The minimum Gasteiger partial charge on any atom is -0.328 e. The van der Waals surface area contributed by atoms with E-state index in [-0.39, 0.29) is 22.4 Å². The number of hydrogen-bond acceptors (Lipinski definition) is 4. The smallest absolute Gasteiger partial charge is 0.176 e. The van der Waals surface area contributed by atoms with Gasteiger partial charge in [-0.1, -0.05) is 24.3 Å². The van der Waals surface area contributed by atoms with Gasteiger partial charge in [0.05, 0.1) is 22.4 Å². The monoisotopic (exact) mass is 458 g/mol. The number of hydrogen-bond donors (Lipinski definition) is 0. The van der Waals surface area contributed by atoms with E-state index in [2.05, 4.69) is 107 Å². The Hall–Kier alpha value is -0.0800. The first-order chi connectivity index (χ1) is 13.3. The quantitative estimate of drug-likeness (QED) is 0.366. The van der Waals surface area contributed by atoms with Crippen LogP contribution in [-0.2, 0) is 30.4 Å². The second kappa shape index (κ2) is 10.7. The topological polar surface area (TPSA) is 36.9 Å². The molecule has 174 valence electrons. The van der Waals surface area contributed by atoms with Crippen LogP contribution in [0.2, 0.25) is 0 Å². The molecule has 0 atom stereocenters. The second-order valence-electron chi connectivity index (χ2n) is 11.6. The average molecular weight is 459 g/mol. The molecule has 0 aliphatic heterocycles. The van der Waals surface area contributed by atoms with Crippen LogP contribution < -0.4 is 0 Å². The summed E-state index contributed by atoms with van der Waals surface area (Å²) in [6, 6.07) is 8.50. The summed E-state index contributed by atoms with van der Waals surface area (Å²) in [6.07, 6.45) is 1.49. The molecule has 0 amide bonds. The molecule has 0 bridgehead atoms. The van der Waals surface area contributed by atoms with Gasteiger partial charge in [0.25, 0.3) is 0 Å². The molecule has 0 aromatic heterocycles. The van der Waals surface area contributed by atoms with Gasteiger partial charge in [-0.25, -0.2) is 0 Å². The Morgan fingerprint density at radius 3 is 0.933 bits per heavy atom. The molecule has 0 saturated carbocycles. The lowest BCUT2D eigenvalue weighted by molar-refractivity contribution is 0.0707. The molecule has 0 heterocycles. The van der Waals surface area contributed by atoms with Crippen LogP contribution in [0.3, 0.4) is 0 Å². The first kappa shape index (κ1) is 28.0. The molecule has 0 N–H and O–H groups in total. The fourth-order valence-electron chi connectivity index (χ4n) is 2.53. The zero-order valence-corrected chi connectivity index (χ0v) is 23.0. The van der Waals surface area contributed by atoms with Crippen LogP contribution in [0.15, 0.2) is 24.3 Å². The third kappa shape index (κ3) is 13.4. The zero-order chi connectivity index (χ0) is 23.4. The number of benzene rings is 1. The molecule has 0 spiro atoms. The van der Waals surface area contributed by atoms with E-state index in [1.54, 1.807) is 0 Å². The molecular formula is C24H44O4P2. The Morgan fingerprint density at radius 1 is 0.500 bits per heavy atom. The lowest BCUT2D eigenvalue weighted by atomic mass is 10.1. The molecule has 0 radical (unpaired) electrons. The molecule has 4 nitrogen and oxygen atoms in total. The summed E-state index contributed by atoms with van der Waals surface area (Å²) in [5.41, 5.74) is 1.43. The third-order valence-electron chi connectivity index (χ3n) is 3.22. The van der Waals surface area contributed by atoms with Gasteiger partial charge in [0.1, 0.15) is 0 Å². The van der Waals surface area contributed by atoms with Crippen LogP contribution in [0.1, 0.15) is 94.2 Å².